The summed E-state index contributed by atoms with van der Waals surface area (Å²) in [4.78, 5) is 2.38. The van der Waals surface area contributed by atoms with Gasteiger partial charge in [-0.25, -0.2) is 0 Å². The Kier molecular flexibility index (Phi) is 3.62. The second kappa shape index (κ2) is 6.23. The average molecular weight is 381 g/mol. The molecule has 3 nitrogen and oxygen atoms in total. The molecule has 3 heteroatoms. The quantitative estimate of drug-likeness (QED) is 0.608. The summed E-state index contributed by atoms with van der Waals surface area (Å²) in [5.41, 5.74) is 5.89. The number of methoxy groups -OCH3 is 1. The highest BCUT2D eigenvalue weighted by Gasteiger charge is 2.66. The Balaban J connectivity index is 1.51. The Morgan fingerprint density at radius 3 is 2.38 bits per heavy atom. The molecular weight excluding hydrogens is 358 g/mol. The SMILES string of the molecule is CO[C@]12C[C@H]1c1ccccc1C1=C2N(c2ccccc2)C(Cc2ccccc2)O1. The van der Waals surface area contributed by atoms with Crippen LogP contribution in [0.4, 0.5) is 5.69 Å². The van der Waals surface area contributed by atoms with E-state index in [1.54, 1.807) is 0 Å². The van der Waals surface area contributed by atoms with Gasteiger partial charge in [-0.05, 0) is 29.7 Å². The van der Waals surface area contributed by atoms with Gasteiger partial charge in [0.05, 0.1) is 5.70 Å². The van der Waals surface area contributed by atoms with Crippen molar-refractivity contribution in [2.24, 2.45) is 0 Å². The van der Waals surface area contributed by atoms with Crippen molar-refractivity contribution in [2.45, 2.75) is 30.6 Å². The maximum absolute atomic E-state index is 6.71. The van der Waals surface area contributed by atoms with E-state index in [1.165, 1.54) is 22.4 Å². The van der Waals surface area contributed by atoms with Gasteiger partial charge in [-0.3, -0.25) is 0 Å². The molecular formula is C26H23NO2. The van der Waals surface area contributed by atoms with Crippen molar-refractivity contribution in [1.29, 1.82) is 0 Å². The van der Waals surface area contributed by atoms with Gasteiger partial charge in [0.1, 0.15) is 5.60 Å². The lowest BCUT2D eigenvalue weighted by atomic mass is 9.91. The van der Waals surface area contributed by atoms with Crippen molar-refractivity contribution in [1.82, 2.24) is 0 Å². The molecule has 0 radical (unpaired) electrons. The molecule has 3 aromatic carbocycles. The first-order chi connectivity index (χ1) is 14.3. The Morgan fingerprint density at radius 2 is 1.62 bits per heavy atom. The maximum atomic E-state index is 6.71. The summed E-state index contributed by atoms with van der Waals surface area (Å²) >= 11 is 0. The number of benzene rings is 3. The van der Waals surface area contributed by atoms with Crippen LogP contribution >= 0.6 is 0 Å². The molecule has 3 aromatic rings. The number of rotatable bonds is 4. The Morgan fingerprint density at radius 1 is 0.931 bits per heavy atom. The van der Waals surface area contributed by atoms with Crippen LogP contribution in [0.5, 0.6) is 0 Å². The molecule has 1 unspecified atom stereocenters. The molecule has 3 aliphatic rings. The van der Waals surface area contributed by atoms with Crippen molar-refractivity contribution in [3.05, 3.63) is 107 Å². The summed E-state index contributed by atoms with van der Waals surface area (Å²) in [5.74, 6) is 1.38. The molecule has 0 saturated heterocycles. The third kappa shape index (κ3) is 2.41. The predicted molar refractivity (Wildman–Crippen MR) is 114 cm³/mol. The molecule has 144 valence electrons. The van der Waals surface area contributed by atoms with Crippen molar-refractivity contribution >= 4 is 11.4 Å². The summed E-state index contributed by atoms with van der Waals surface area (Å²) < 4.78 is 12.9. The summed E-state index contributed by atoms with van der Waals surface area (Å²) in [7, 11) is 1.84. The summed E-state index contributed by atoms with van der Waals surface area (Å²) in [5, 5.41) is 0. The van der Waals surface area contributed by atoms with E-state index in [0.717, 1.165) is 24.3 Å². The number of anilines is 1. The fraction of sp³-hybridized carbons (Fsp3) is 0.231. The van der Waals surface area contributed by atoms with Crippen LogP contribution in [0.2, 0.25) is 0 Å². The minimum Gasteiger partial charge on any atom is -0.467 e. The van der Waals surface area contributed by atoms with Crippen LogP contribution in [-0.4, -0.2) is 18.9 Å². The second-order valence-electron chi connectivity index (χ2n) is 8.08. The molecule has 0 bridgehead atoms. The lowest BCUT2D eigenvalue weighted by molar-refractivity contribution is 0.103. The number of hydrogen-bond acceptors (Lipinski definition) is 3. The first-order valence-corrected chi connectivity index (χ1v) is 10.3. The van der Waals surface area contributed by atoms with E-state index in [-0.39, 0.29) is 11.8 Å². The predicted octanol–water partition coefficient (Wildman–Crippen LogP) is 5.35. The molecule has 0 N–H and O–H groups in total. The Hall–Kier alpha value is -3.04. The highest BCUT2D eigenvalue weighted by Crippen LogP contribution is 2.66. The number of para-hydroxylation sites is 1. The molecule has 0 amide bonds. The maximum Gasteiger partial charge on any atom is 0.180 e. The molecule has 1 saturated carbocycles. The summed E-state index contributed by atoms with van der Waals surface area (Å²) in [6, 6.07) is 29.8. The number of fused-ring (bicyclic) bond motifs is 5. The zero-order valence-electron chi connectivity index (χ0n) is 16.4. The third-order valence-corrected chi connectivity index (χ3v) is 6.54. The molecule has 2 aliphatic carbocycles. The van der Waals surface area contributed by atoms with Gasteiger partial charge in [-0.2, -0.15) is 0 Å². The van der Waals surface area contributed by atoms with Gasteiger partial charge in [0.25, 0.3) is 0 Å². The first-order valence-electron chi connectivity index (χ1n) is 10.3. The van der Waals surface area contributed by atoms with Gasteiger partial charge in [0.15, 0.2) is 12.0 Å². The molecule has 1 aliphatic heterocycles. The van der Waals surface area contributed by atoms with Gasteiger partial charge < -0.3 is 14.4 Å². The monoisotopic (exact) mass is 381 g/mol. The molecule has 3 atom stereocenters. The molecule has 1 fully saturated rings. The molecule has 29 heavy (non-hydrogen) atoms. The highest BCUT2D eigenvalue weighted by atomic mass is 16.5. The zero-order valence-corrected chi connectivity index (χ0v) is 16.4. The van der Waals surface area contributed by atoms with E-state index >= 15 is 0 Å². The lowest BCUT2D eigenvalue weighted by Gasteiger charge is -2.32. The van der Waals surface area contributed by atoms with E-state index in [1.807, 2.05) is 7.11 Å². The topological polar surface area (TPSA) is 21.7 Å². The van der Waals surface area contributed by atoms with Gasteiger partial charge in [-0.1, -0.05) is 72.8 Å². The van der Waals surface area contributed by atoms with Crippen LogP contribution in [0.1, 0.15) is 29.0 Å². The number of nitrogens with zero attached hydrogens (tertiary/aromatic N) is 1. The lowest BCUT2D eigenvalue weighted by Crippen LogP contribution is -2.38. The number of ether oxygens (including phenoxy) is 2. The van der Waals surface area contributed by atoms with Crippen molar-refractivity contribution < 1.29 is 9.47 Å². The van der Waals surface area contributed by atoms with E-state index in [2.05, 4.69) is 89.8 Å². The fourth-order valence-corrected chi connectivity index (χ4v) is 5.11. The zero-order chi connectivity index (χ0) is 19.4. The minimum atomic E-state index is -0.287. The van der Waals surface area contributed by atoms with E-state index in [0.29, 0.717) is 5.92 Å². The highest BCUT2D eigenvalue weighted by molar-refractivity contribution is 5.82. The van der Waals surface area contributed by atoms with Crippen LogP contribution in [-0.2, 0) is 15.9 Å². The van der Waals surface area contributed by atoms with Crippen LogP contribution in [0, 0.1) is 0 Å². The smallest absolute Gasteiger partial charge is 0.180 e. The van der Waals surface area contributed by atoms with E-state index < -0.39 is 0 Å². The van der Waals surface area contributed by atoms with Gasteiger partial charge in [0.2, 0.25) is 0 Å². The van der Waals surface area contributed by atoms with Crippen LogP contribution in [0.15, 0.2) is 90.6 Å². The van der Waals surface area contributed by atoms with Crippen LogP contribution in [0.25, 0.3) is 5.76 Å². The molecule has 0 spiro atoms. The van der Waals surface area contributed by atoms with Crippen molar-refractivity contribution in [3.8, 4) is 0 Å². The third-order valence-electron chi connectivity index (χ3n) is 6.54. The minimum absolute atomic E-state index is 0.0933. The molecule has 1 heterocycles. The molecule has 6 rings (SSSR count). The van der Waals surface area contributed by atoms with Crippen molar-refractivity contribution in [2.75, 3.05) is 12.0 Å². The van der Waals surface area contributed by atoms with Gasteiger partial charge in [0, 0.05) is 30.7 Å². The Bertz CT molecular complexity index is 1090. The van der Waals surface area contributed by atoms with Crippen molar-refractivity contribution in [3.63, 3.8) is 0 Å². The summed E-state index contributed by atoms with van der Waals surface area (Å²) in [6.07, 6.45) is 1.73. The second-order valence-corrected chi connectivity index (χ2v) is 8.08. The Labute approximate surface area is 171 Å². The standard InChI is InChI=1S/C26H23NO2/c1-28-26-17-22(26)20-14-8-9-15-21(20)24-25(26)27(19-12-6-3-7-13-19)23(29-24)16-18-10-4-2-5-11-18/h2-15,22-23H,16-17H2,1H3/t22-,23?,26+/m0/s1. The van der Waals surface area contributed by atoms with E-state index in [4.69, 9.17) is 9.47 Å². The molecule has 0 aromatic heterocycles. The first kappa shape index (κ1) is 16.9. The largest absolute Gasteiger partial charge is 0.467 e. The fourth-order valence-electron chi connectivity index (χ4n) is 5.11. The van der Waals surface area contributed by atoms with Gasteiger partial charge >= 0.3 is 0 Å². The van der Waals surface area contributed by atoms with E-state index in [9.17, 15) is 0 Å². The normalized spacial score (nSPS) is 26.4. The van der Waals surface area contributed by atoms with Crippen LogP contribution < -0.4 is 4.90 Å². The average Bonchev–Trinajstić information content (AvgIpc) is 3.42. The number of hydrogen-bond donors (Lipinski definition) is 0. The van der Waals surface area contributed by atoms with Crippen LogP contribution in [0.3, 0.4) is 0 Å². The summed E-state index contributed by atoms with van der Waals surface area (Å²) in [6.45, 7) is 0. The van der Waals surface area contributed by atoms with Gasteiger partial charge in [-0.15, -0.1) is 0 Å².